The van der Waals surface area contributed by atoms with Gasteiger partial charge in [-0.25, -0.2) is 21.6 Å². The van der Waals surface area contributed by atoms with Crippen LogP contribution in [0.25, 0.3) is 6.08 Å². The third-order valence-corrected chi connectivity index (χ3v) is 8.25. The molecule has 8 heteroatoms. The first-order chi connectivity index (χ1) is 14.3. The summed E-state index contributed by atoms with van der Waals surface area (Å²) < 4.78 is 53.3. The van der Waals surface area contributed by atoms with Crippen LogP contribution in [0, 0.1) is 0 Å². The Bertz CT molecular complexity index is 1090. The van der Waals surface area contributed by atoms with Gasteiger partial charge in [-0.15, -0.1) is 0 Å². The molecule has 2 N–H and O–H groups in total. The highest BCUT2D eigenvalue weighted by Crippen LogP contribution is 2.24. The fourth-order valence-electron chi connectivity index (χ4n) is 3.50. The second-order valence-electron chi connectivity index (χ2n) is 7.36. The molecule has 0 spiro atoms. The van der Waals surface area contributed by atoms with Crippen molar-refractivity contribution in [2.75, 3.05) is 18.8 Å². The summed E-state index contributed by atoms with van der Waals surface area (Å²) in [5.74, 6) is -0.143. The Morgan fingerprint density at radius 3 is 2.37 bits per heavy atom. The molecule has 2 aromatic carbocycles. The lowest BCUT2D eigenvalue weighted by molar-refractivity contribution is 0.427. The van der Waals surface area contributed by atoms with Crippen LogP contribution in [-0.2, 0) is 26.3 Å². The zero-order valence-corrected chi connectivity index (χ0v) is 18.7. The Morgan fingerprint density at radius 2 is 1.70 bits per heavy atom. The van der Waals surface area contributed by atoms with Gasteiger partial charge in [-0.1, -0.05) is 43.3 Å². The molecule has 1 fully saturated rings. The number of benzene rings is 2. The summed E-state index contributed by atoms with van der Waals surface area (Å²) in [5.41, 5.74) is 1.67. The molecule has 0 radical (unpaired) electrons. The topological polar surface area (TPSA) is 92.3 Å². The van der Waals surface area contributed by atoms with Gasteiger partial charge in [-0.3, -0.25) is 0 Å². The van der Waals surface area contributed by atoms with Crippen LogP contribution in [0.2, 0.25) is 0 Å². The van der Waals surface area contributed by atoms with Crippen molar-refractivity contribution in [1.29, 1.82) is 0 Å². The summed E-state index contributed by atoms with van der Waals surface area (Å²) in [6.45, 7) is 3.60. The van der Waals surface area contributed by atoms with Gasteiger partial charge in [0.15, 0.2) is 0 Å². The van der Waals surface area contributed by atoms with E-state index in [-0.39, 0.29) is 21.6 Å². The van der Waals surface area contributed by atoms with Crippen LogP contribution >= 0.6 is 0 Å². The van der Waals surface area contributed by atoms with Crippen molar-refractivity contribution in [1.82, 2.24) is 10.0 Å². The molecule has 0 amide bonds. The lowest BCUT2D eigenvalue weighted by atomic mass is 10.1. The first-order valence-corrected chi connectivity index (χ1v) is 13.3. The molecule has 0 unspecified atom stereocenters. The van der Waals surface area contributed by atoms with Gasteiger partial charge in [0, 0.05) is 6.04 Å². The second-order valence-corrected chi connectivity index (χ2v) is 11.1. The van der Waals surface area contributed by atoms with Crippen molar-refractivity contribution in [3.05, 3.63) is 65.7 Å². The number of hydrogen-bond donors (Lipinski definition) is 2. The average Bonchev–Trinajstić information content (AvgIpc) is 2.74. The molecule has 1 heterocycles. The average molecular weight is 449 g/mol. The van der Waals surface area contributed by atoms with Gasteiger partial charge < -0.3 is 5.32 Å². The highest BCUT2D eigenvalue weighted by molar-refractivity contribution is 7.91. The number of sulfonamides is 1. The van der Waals surface area contributed by atoms with E-state index in [2.05, 4.69) is 10.0 Å². The largest absolute Gasteiger partial charge is 0.317 e. The molecule has 0 bridgehead atoms. The molecule has 0 atom stereocenters. The molecule has 1 aliphatic rings. The van der Waals surface area contributed by atoms with Gasteiger partial charge in [-0.05, 0) is 67.7 Å². The highest BCUT2D eigenvalue weighted by Gasteiger charge is 2.20. The van der Waals surface area contributed by atoms with Crippen LogP contribution in [0.3, 0.4) is 0 Å². The summed E-state index contributed by atoms with van der Waals surface area (Å²) in [6, 6.07) is 13.3. The Hall–Kier alpha value is -2.00. The normalized spacial score (nSPS) is 16.2. The van der Waals surface area contributed by atoms with E-state index in [4.69, 9.17) is 0 Å². The summed E-state index contributed by atoms with van der Waals surface area (Å²) >= 11 is 0. The maximum absolute atomic E-state index is 12.9. The number of nitrogens with one attached hydrogen (secondary N) is 2. The fraction of sp³-hybridized carbons (Fsp3) is 0.364. The molecule has 0 saturated carbocycles. The molecule has 162 valence electrons. The first-order valence-electron chi connectivity index (χ1n) is 10.1. The van der Waals surface area contributed by atoms with Gasteiger partial charge in [0.1, 0.15) is 0 Å². The van der Waals surface area contributed by atoms with E-state index >= 15 is 0 Å². The third kappa shape index (κ3) is 5.78. The number of aryl methyl sites for hydroxylation is 1. The van der Waals surface area contributed by atoms with Crippen molar-refractivity contribution >= 4 is 25.9 Å². The van der Waals surface area contributed by atoms with Crippen LogP contribution in [-0.4, -0.2) is 41.7 Å². The molecule has 6 nitrogen and oxygen atoms in total. The van der Waals surface area contributed by atoms with E-state index in [0.717, 1.165) is 31.5 Å². The van der Waals surface area contributed by atoms with E-state index in [9.17, 15) is 16.8 Å². The Morgan fingerprint density at radius 1 is 1.00 bits per heavy atom. The molecule has 1 saturated heterocycles. The zero-order valence-electron chi connectivity index (χ0n) is 17.0. The minimum Gasteiger partial charge on any atom is -0.317 e. The minimum atomic E-state index is -3.63. The van der Waals surface area contributed by atoms with E-state index in [1.54, 1.807) is 60.7 Å². The number of hydrogen-bond acceptors (Lipinski definition) is 5. The van der Waals surface area contributed by atoms with Crippen LogP contribution in [0.15, 0.2) is 64.4 Å². The first kappa shape index (κ1) is 22.7. The summed E-state index contributed by atoms with van der Waals surface area (Å²) in [6.07, 6.45) is 5.55. The zero-order chi connectivity index (χ0) is 21.6. The molecule has 2 aromatic rings. The van der Waals surface area contributed by atoms with Crippen molar-refractivity contribution in [2.24, 2.45) is 0 Å². The highest BCUT2D eigenvalue weighted by atomic mass is 32.2. The predicted molar refractivity (Wildman–Crippen MR) is 120 cm³/mol. The van der Waals surface area contributed by atoms with Crippen molar-refractivity contribution in [2.45, 2.75) is 42.0 Å². The van der Waals surface area contributed by atoms with Gasteiger partial charge in [-0.2, -0.15) is 0 Å². The maximum Gasteiger partial charge on any atom is 0.215 e. The summed E-state index contributed by atoms with van der Waals surface area (Å²) in [5, 5.41) is 3.21. The maximum atomic E-state index is 12.9. The Kier molecular flexibility index (Phi) is 7.46. The smallest absolute Gasteiger partial charge is 0.215 e. The van der Waals surface area contributed by atoms with Gasteiger partial charge in [0.2, 0.25) is 19.9 Å². The minimum absolute atomic E-state index is 0.0322. The molecular formula is C22H28N2O4S2. The van der Waals surface area contributed by atoms with Crippen LogP contribution in [0.4, 0.5) is 0 Å². The second kappa shape index (κ2) is 9.87. The number of sulfone groups is 1. The van der Waals surface area contributed by atoms with Crippen molar-refractivity contribution < 1.29 is 16.8 Å². The van der Waals surface area contributed by atoms with Gasteiger partial charge >= 0.3 is 0 Å². The van der Waals surface area contributed by atoms with Crippen LogP contribution in [0.5, 0.6) is 0 Å². The lowest BCUT2D eigenvalue weighted by Crippen LogP contribution is -2.43. The van der Waals surface area contributed by atoms with E-state index in [1.165, 1.54) is 0 Å². The standard InChI is InChI=1S/C22H28N2O4S2/c1-2-18-10-11-22(30(27,28)21-8-4-3-5-9-21)17-19(18)7-6-16-29(25,26)24-20-12-14-23-15-13-20/h3-11,17,20,23-24H,2,12-16H2,1H3. The molecule has 0 aliphatic carbocycles. The summed E-state index contributed by atoms with van der Waals surface area (Å²) in [4.78, 5) is 0.430. The van der Waals surface area contributed by atoms with E-state index < -0.39 is 19.9 Å². The predicted octanol–water partition coefficient (Wildman–Crippen LogP) is 2.77. The number of rotatable bonds is 8. The fourth-order valence-corrected chi connectivity index (χ4v) is 6.00. The van der Waals surface area contributed by atoms with Crippen LogP contribution in [0.1, 0.15) is 30.9 Å². The monoisotopic (exact) mass is 448 g/mol. The third-order valence-electron chi connectivity index (χ3n) is 5.16. The van der Waals surface area contributed by atoms with Crippen molar-refractivity contribution in [3.8, 4) is 0 Å². The Labute approximate surface area is 179 Å². The van der Waals surface area contributed by atoms with Crippen LogP contribution < -0.4 is 10.0 Å². The molecule has 1 aliphatic heterocycles. The van der Waals surface area contributed by atoms with Gasteiger partial charge in [0.05, 0.1) is 15.5 Å². The molecule has 30 heavy (non-hydrogen) atoms. The molecule has 3 rings (SSSR count). The number of piperidine rings is 1. The SMILES string of the molecule is CCc1ccc(S(=O)(=O)c2ccccc2)cc1C=CCS(=O)(=O)NC1CCNCC1. The van der Waals surface area contributed by atoms with E-state index in [0.29, 0.717) is 12.0 Å². The lowest BCUT2D eigenvalue weighted by Gasteiger charge is -2.23. The van der Waals surface area contributed by atoms with Crippen molar-refractivity contribution in [3.63, 3.8) is 0 Å². The Balaban J connectivity index is 1.79. The van der Waals surface area contributed by atoms with Gasteiger partial charge in [0.25, 0.3) is 0 Å². The quantitative estimate of drug-likeness (QED) is 0.648. The van der Waals surface area contributed by atoms with E-state index in [1.807, 2.05) is 6.92 Å². The molecular weight excluding hydrogens is 420 g/mol. The molecule has 0 aromatic heterocycles. The summed E-state index contributed by atoms with van der Waals surface area (Å²) in [7, 11) is -7.06.